The minimum absolute atomic E-state index is 0.141. The van der Waals surface area contributed by atoms with Gasteiger partial charge >= 0.3 is 11.9 Å². The molecule has 2 atom stereocenters. The second-order valence-electron chi connectivity index (χ2n) is 25.8. The van der Waals surface area contributed by atoms with E-state index in [9.17, 15) is 19.5 Å². The van der Waals surface area contributed by atoms with Crippen molar-refractivity contribution in [1.82, 2.24) is 0 Å². The number of hydrogen-bond donors (Lipinski definition) is 0. The van der Waals surface area contributed by atoms with E-state index in [-0.39, 0.29) is 38.6 Å². The van der Waals surface area contributed by atoms with Gasteiger partial charge in [-0.15, -0.1) is 0 Å². The summed E-state index contributed by atoms with van der Waals surface area (Å²) in [5.74, 6) is -2.29. The molecule has 9 nitrogen and oxygen atoms in total. The molecule has 0 aromatic carbocycles. The molecule has 0 bridgehead atoms. The number of carboxylic acids is 1. The molecule has 2 unspecified atom stereocenters. The fourth-order valence-electron chi connectivity index (χ4n) is 10.1. The molecule has 0 rings (SSSR count). The normalized spacial score (nSPS) is 13.6. The molecule has 0 aliphatic rings. The zero-order valence-corrected chi connectivity index (χ0v) is 60.3. The first kappa shape index (κ1) is 87.9. The number of nitrogens with zero attached hydrogens (tertiary/aromatic N) is 1. The molecule has 9 heteroatoms. The minimum Gasteiger partial charge on any atom is -0.545 e. The molecule has 0 fully saturated rings. The number of unbranched alkanes of at least 4 members (excludes halogenated alkanes) is 27. The van der Waals surface area contributed by atoms with E-state index in [2.05, 4.69) is 172 Å². The van der Waals surface area contributed by atoms with E-state index in [1.165, 1.54) is 141 Å². The average Bonchev–Trinajstić information content (AvgIpc) is 3.74. The molecular weight excluding hydrogens is 1150 g/mol. The van der Waals surface area contributed by atoms with Crippen LogP contribution < -0.4 is 5.11 Å². The third-order valence-corrected chi connectivity index (χ3v) is 15.8. The molecule has 0 aromatic heterocycles. The molecule has 0 aromatic rings. The summed E-state index contributed by atoms with van der Waals surface area (Å²) in [6.45, 7) is 4.53. The summed E-state index contributed by atoms with van der Waals surface area (Å²) in [5.41, 5.74) is 0. The Balaban J connectivity index is 4.11. The predicted octanol–water partition coefficient (Wildman–Crippen LogP) is 22.7. The van der Waals surface area contributed by atoms with Gasteiger partial charge in [0.2, 0.25) is 0 Å². The lowest BCUT2D eigenvalue weighted by atomic mass is 10.0. The first-order valence-electron chi connectivity index (χ1n) is 37.6. The van der Waals surface area contributed by atoms with Gasteiger partial charge in [0.1, 0.15) is 13.2 Å². The van der Waals surface area contributed by atoms with Gasteiger partial charge in [0.15, 0.2) is 12.4 Å². The quantitative estimate of drug-likeness (QED) is 0.0195. The zero-order chi connectivity index (χ0) is 67.5. The Kier molecular flexibility index (Phi) is 68.8. The smallest absolute Gasteiger partial charge is 0.306 e. The number of ether oxygens (including phenoxy) is 4. The van der Waals surface area contributed by atoms with Crippen LogP contribution in [0.1, 0.15) is 296 Å². The lowest BCUT2D eigenvalue weighted by Gasteiger charge is -2.26. The Hall–Kier alpha value is -5.09. The zero-order valence-electron chi connectivity index (χ0n) is 60.3. The van der Waals surface area contributed by atoms with Crippen molar-refractivity contribution >= 4 is 17.9 Å². The average molecular weight is 1290 g/mol. The van der Waals surface area contributed by atoms with Gasteiger partial charge in [-0.3, -0.25) is 9.59 Å². The van der Waals surface area contributed by atoms with Crippen molar-refractivity contribution in [2.45, 2.75) is 309 Å². The number of quaternary nitrogens is 1. The van der Waals surface area contributed by atoms with Crippen LogP contribution >= 0.6 is 0 Å². The molecule has 0 saturated carbocycles. The molecule has 0 heterocycles. The first-order valence-corrected chi connectivity index (χ1v) is 37.6. The molecule has 0 radical (unpaired) electrons. The van der Waals surface area contributed by atoms with Gasteiger partial charge in [0.05, 0.1) is 40.3 Å². The van der Waals surface area contributed by atoms with Crippen molar-refractivity contribution in [3.8, 4) is 0 Å². The van der Waals surface area contributed by atoms with Gasteiger partial charge in [0, 0.05) is 12.8 Å². The van der Waals surface area contributed by atoms with E-state index in [0.29, 0.717) is 17.4 Å². The molecule has 93 heavy (non-hydrogen) atoms. The summed E-state index contributed by atoms with van der Waals surface area (Å²) < 4.78 is 22.8. The van der Waals surface area contributed by atoms with Crippen LogP contribution in [0.15, 0.2) is 158 Å². The van der Waals surface area contributed by atoms with Crippen LogP contribution in [0.25, 0.3) is 0 Å². The third-order valence-electron chi connectivity index (χ3n) is 15.8. The molecule has 0 N–H and O–H groups in total. The van der Waals surface area contributed by atoms with E-state index in [0.717, 1.165) is 122 Å². The summed E-state index contributed by atoms with van der Waals surface area (Å²) in [6.07, 6.45) is 105. The number of aliphatic carboxylic acids is 1. The third kappa shape index (κ3) is 74.2. The van der Waals surface area contributed by atoms with Crippen LogP contribution in [0.4, 0.5) is 0 Å². The monoisotopic (exact) mass is 1290 g/mol. The summed E-state index contributed by atoms with van der Waals surface area (Å²) in [6, 6.07) is 0. The SMILES string of the molecule is CC/C=C\C/C=C\C/C=C\C/C=C\C/C=C\C/C=C\C/C=C\CCCCCCCCCCCCCCCC(=O)OC(COC(=O)CCCCCCCCCCCCCCCC/C=C\C/C=C\C/C=C\C/C=C\C/C=C\C/C=C\CC)COC(OCC[N+](C)(C)C)C(=O)[O-]. The van der Waals surface area contributed by atoms with Crippen molar-refractivity contribution in [3.63, 3.8) is 0 Å². The van der Waals surface area contributed by atoms with E-state index in [4.69, 9.17) is 18.9 Å². The van der Waals surface area contributed by atoms with E-state index in [1.807, 2.05) is 21.1 Å². The molecular formula is C84H139NO8. The van der Waals surface area contributed by atoms with E-state index in [1.54, 1.807) is 0 Å². The Morgan fingerprint density at radius 2 is 0.581 bits per heavy atom. The highest BCUT2D eigenvalue weighted by molar-refractivity contribution is 5.70. The highest BCUT2D eigenvalue weighted by Gasteiger charge is 2.22. The summed E-state index contributed by atoms with van der Waals surface area (Å²) in [5, 5.41) is 11.9. The lowest BCUT2D eigenvalue weighted by Crippen LogP contribution is -2.44. The Morgan fingerprint density at radius 1 is 0.323 bits per heavy atom. The topological polar surface area (TPSA) is 111 Å². The van der Waals surface area contributed by atoms with Crippen molar-refractivity contribution in [2.24, 2.45) is 0 Å². The molecule has 0 spiro atoms. The van der Waals surface area contributed by atoms with Gasteiger partial charge in [-0.1, -0.05) is 320 Å². The Morgan fingerprint density at radius 3 is 0.860 bits per heavy atom. The van der Waals surface area contributed by atoms with Crippen LogP contribution in [0.5, 0.6) is 0 Å². The summed E-state index contributed by atoms with van der Waals surface area (Å²) >= 11 is 0. The molecule has 0 amide bonds. The molecule has 528 valence electrons. The van der Waals surface area contributed by atoms with Crippen LogP contribution in [-0.2, 0) is 33.3 Å². The van der Waals surface area contributed by atoms with Gasteiger partial charge < -0.3 is 33.3 Å². The number of carbonyl (C=O) groups excluding carboxylic acids is 3. The van der Waals surface area contributed by atoms with E-state index < -0.39 is 24.3 Å². The number of hydrogen-bond acceptors (Lipinski definition) is 8. The highest BCUT2D eigenvalue weighted by Crippen LogP contribution is 2.17. The van der Waals surface area contributed by atoms with Crippen molar-refractivity contribution < 1.29 is 42.9 Å². The second kappa shape index (κ2) is 72.7. The maximum Gasteiger partial charge on any atom is 0.306 e. The van der Waals surface area contributed by atoms with Crippen molar-refractivity contribution in [3.05, 3.63) is 158 Å². The number of allylic oxidation sites excluding steroid dienone is 26. The Bertz CT molecular complexity index is 2090. The molecule has 0 saturated heterocycles. The molecule has 0 aliphatic carbocycles. The first-order chi connectivity index (χ1) is 45.6. The second-order valence-corrected chi connectivity index (χ2v) is 25.8. The maximum atomic E-state index is 13.0. The summed E-state index contributed by atoms with van der Waals surface area (Å²) in [4.78, 5) is 37.6. The van der Waals surface area contributed by atoms with E-state index >= 15 is 0 Å². The number of rotatable bonds is 68. The van der Waals surface area contributed by atoms with Crippen LogP contribution in [0, 0.1) is 0 Å². The number of carboxylic acid groups (broad SMARTS) is 1. The fourth-order valence-corrected chi connectivity index (χ4v) is 10.1. The van der Waals surface area contributed by atoms with Crippen LogP contribution in [0.2, 0.25) is 0 Å². The van der Waals surface area contributed by atoms with Gasteiger partial charge in [-0.25, -0.2) is 0 Å². The van der Waals surface area contributed by atoms with Crippen LogP contribution in [0.3, 0.4) is 0 Å². The van der Waals surface area contributed by atoms with Gasteiger partial charge in [0.25, 0.3) is 0 Å². The minimum atomic E-state index is -1.63. The molecule has 0 aliphatic heterocycles. The maximum absolute atomic E-state index is 13.0. The largest absolute Gasteiger partial charge is 0.545 e. The standard InChI is InChI=1S/C84H139NO8/c1-6-8-10-12-14-16-18-20-22-24-26-28-30-32-34-36-38-40-41-43-45-47-49-51-53-55-57-59-61-63-65-67-69-71-73-75-82(87)93-80(79-92-84(83(88)89)90-77-76-85(3,4)5)78-91-81(86)74-72-70-68-66-64-62-60-58-56-54-52-50-48-46-44-42-39-37-35-33-31-29-27-25-23-21-19-17-15-13-11-9-7-2/h8-11,14-17,20-23,26-29,32-35,38-40,42-43,45,80,84H,6-7,12-13,18-19,24-25,30-31,36-37,41,44,46-79H2,1-5H3/b10-8-,11-9-,16-14-,17-15-,22-20-,23-21-,28-26-,29-27-,34-32-,35-33-,40-38-,42-39-,45-43-. The van der Waals surface area contributed by atoms with Crippen molar-refractivity contribution in [2.75, 3.05) is 47.5 Å². The van der Waals surface area contributed by atoms with Gasteiger partial charge in [-0.05, 0) is 122 Å². The number of likely N-dealkylation sites (N-methyl/N-ethyl adjacent to an activating group) is 1. The lowest BCUT2D eigenvalue weighted by molar-refractivity contribution is -0.870. The number of esters is 2. The fraction of sp³-hybridized carbons (Fsp3) is 0.655. The summed E-state index contributed by atoms with van der Waals surface area (Å²) in [7, 11) is 5.93. The van der Waals surface area contributed by atoms with Crippen molar-refractivity contribution in [1.29, 1.82) is 0 Å². The number of carbonyl (C=O) groups is 3. The highest BCUT2D eigenvalue weighted by atomic mass is 16.7. The van der Waals surface area contributed by atoms with Gasteiger partial charge in [-0.2, -0.15) is 0 Å². The Labute approximate surface area is 572 Å². The van der Waals surface area contributed by atoms with Crippen LogP contribution in [-0.4, -0.2) is 82.3 Å². The predicted molar refractivity (Wildman–Crippen MR) is 398 cm³/mol.